The van der Waals surface area contributed by atoms with Gasteiger partial charge in [-0.25, -0.2) is 0 Å². The van der Waals surface area contributed by atoms with Crippen LogP contribution in [0.25, 0.3) is 0 Å². The molecule has 2 rings (SSSR count). The lowest BCUT2D eigenvalue weighted by Gasteiger charge is -2.07. The minimum Gasteiger partial charge on any atom is -0.365 e. The van der Waals surface area contributed by atoms with Crippen LogP contribution in [0.2, 0.25) is 0 Å². The first kappa shape index (κ1) is 14.7. The van der Waals surface area contributed by atoms with Crippen molar-refractivity contribution in [2.75, 3.05) is 17.2 Å². The van der Waals surface area contributed by atoms with Gasteiger partial charge in [-0.15, -0.1) is 16.8 Å². The van der Waals surface area contributed by atoms with Crippen LogP contribution in [0.1, 0.15) is 21.6 Å². The fraction of sp³-hybridized carbons (Fsp3) is 0.188. The summed E-state index contributed by atoms with van der Waals surface area (Å²) in [6.07, 6.45) is 1.72. The van der Waals surface area contributed by atoms with E-state index >= 15 is 0 Å². The predicted octanol–water partition coefficient (Wildman–Crippen LogP) is 2.94. The zero-order valence-electron chi connectivity index (χ0n) is 12.2. The molecule has 0 aliphatic heterocycles. The van der Waals surface area contributed by atoms with Crippen LogP contribution < -0.4 is 10.6 Å². The van der Waals surface area contributed by atoms with Crippen molar-refractivity contribution in [2.45, 2.75) is 13.8 Å². The molecule has 1 aromatic heterocycles. The molecule has 1 aromatic carbocycles. The third-order valence-electron chi connectivity index (χ3n) is 3.09. The van der Waals surface area contributed by atoms with Gasteiger partial charge >= 0.3 is 0 Å². The third-order valence-corrected chi connectivity index (χ3v) is 3.09. The maximum atomic E-state index is 12.1. The number of nitrogens with one attached hydrogen (secondary N) is 2. The highest BCUT2D eigenvalue weighted by Gasteiger charge is 2.09. The Bertz CT molecular complexity index is 650. The Morgan fingerprint density at radius 2 is 2.00 bits per heavy atom. The first-order valence-corrected chi connectivity index (χ1v) is 6.67. The topological polar surface area (TPSA) is 66.9 Å². The maximum absolute atomic E-state index is 12.1. The fourth-order valence-electron chi connectivity index (χ4n) is 1.74. The van der Waals surface area contributed by atoms with Crippen molar-refractivity contribution in [1.29, 1.82) is 0 Å². The number of nitrogens with zero attached hydrogens (tertiary/aromatic N) is 2. The molecule has 0 saturated heterocycles. The zero-order valence-corrected chi connectivity index (χ0v) is 12.2. The predicted molar refractivity (Wildman–Crippen MR) is 84.6 cm³/mol. The number of hydrogen-bond donors (Lipinski definition) is 2. The number of anilines is 2. The van der Waals surface area contributed by atoms with Crippen LogP contribution in [-0.2, 0) is 0 Å². The molecular weight excluding hydrogens is 264 g/mol. The SMILES string of the molecule is C=CCNc1ccc(C(=O)Nc2ccc(C)c(C)c2)nn1. The lowest BCUT2D eigenvalue weighted by molar-refractivity contribution is 0.102. The summed E-state index contributed by atoms with van der Waals surface area (Å²) >= 11 is 0. The maximum Gasteiger partial charge on any atom is 0.276 e. The molecule has 0 bridgehead atoms. The summed E-state index contributed by atoms with van der Waals surface area (Å²) in [7, 11) is 0. The van der Waals surface area contributed by atoms with Gasteiger partial charge in [-0.1, -0.05) is 12.1 Å². The summed E-state index contributed by atoms with van der Waals surface area (Å²) in [4.78, 5) is 12.1. The largest absolute Gasteiger partial charge is 0.365 e. The van der Waals surface area contributed by atoms with E-state index in [2.05, 4.69) is 27.4 Å². The molecule has 2 N–H and O–H groups in total. The molecule has 1 heterocycles. The quantitative estimate of drug-likeness (QED) is 0.827. The summed E-state index contributed by atoms with van der Waals surface area (Å²) < 4.78 is 0. The van der Waals surface area contributed by atoms with Gasteiger partial charge in [-0.3, -0.25) is 4.79 Å². The third kappa shape index (κ3) is 3.89. The normalized spacial score (nSPS) is 10.0. The molecular formula is C16H18N4O. The molecule has 0 unspecified atom stereocenters. The van der Waals surface area contributed by atoms with E-state index in [0.717, 1.165) is 11.3 Å². The van der Waals surface area contributed by atoms with Crippen molar-refractivity contribution in [1.82, 2.24) is 10.2 Å². The molecule has 0 atom stereocenters. The van der Waals surface area contributed by atoms with Crippen LogP contribution in [0.15, 0.2) is 43.0 Å². The molecule has 0 radical (unpaired) electrons. The van der Waals surface area contributed by atoms with Crippen molar-refractivity contribution < 1.29 is 4.79 Å². The summed E-state index contributed by atoms with van der Waals surface area (Å²) in [6, 6.07) is 9.12. The first-order chi connectivity index (χ1) is 10.1. The fourth-order valence-corrected chi connectivity index (χ4v) is 1.74. The average molecular weight is 282 g/mol. The van der Waals surface area contributed by atoms with Crippen LogP contribution in [0, 0.1) is 13.8 Å². The molecule has 5 heteroatoms. The van der Waals surface area contributed by atoms with Crippen molar-refractivity contribution in [3.05, 3.63) is 59.8 Å². The van der Waals surface area contributed by atoms with E-state index < -0.39 is 0 Å². The molecule has 0 fully saturated rings. The van der Waals surface area contributed by atoms with Crippen LogP contribution in [0.4, 0.5) is 11.5 Å². The second kappa shape index (κ2) is 6.65. The van der Waals surface area contributed by atoms with E-state index in [1.165, 1.54) is 5.56 Å². The summed E-state index contributed by atoms with van der Waals surface area (Å²) in [5.74, 6) is 0.332. The van der Waals surface area contributed by atoms with Gasteiger partial charge in [0.1, 0.15) is 5.82 Å². The summed E-state index contributed by atoms with van der Waals surface area (Å²) in [5.41, 5.74) is 3.34. The number of aryl methyl sites for hydroxylation is 2. The Balaban J connectivity index is 2.05. The van der Waals surface area contributed by atoms with Gasteiger partial charge in [0, 0.05) is 12.2 Å². The molecule has 0 spiro atoms. The summed E-state index contributed by atoms with van der Waals surface area (Å²) in [5, 5.41) is 13.7. The van der Waals surface area contributed by atoms with Crippen LogP contribution in [0.5, 0.6) is 0 Å². The minimum absolute atomic E-state index is 0.275. The molecule has 0 aliphatic carbocycles. The van der Waals surface area contributed by atoms with E-state index in [9.17, 15) is 4.79 Å². The molecule has 0 aliphatic rings. The molecule has 2 aromatic rings. The van der Waals surface area contributed by atoms with E-state index in [0.29, 0.717) is 12.4 Å². The Hall–Kier alpha value is -2.69. The molecule has 0 saturated carbocycles. The van der Waals surface area contributed by atoms with Gasteiger partial charge in [0.05, 0.1) is 0 Å². The smallest absolute Gasteiger partial charge is 0.276 e. The van der Waals surface area contributed by atoms with Crippen molar-refractivity contribution in [3.63, 3.8) is 0 Å². The van der Waals surface area contributed by atoms with Crippen LogP contribution >= 0.6 is 0 Å². The monoisotopic (exact) mass is 282 g/mol. The standard InChI is InChI=1S/C16H18N4O/c1-4-9-17-15-8-7-14(19-20-15)16(21)18-13-6-5-11(2)12(3)10-13/h4-8,10H,1,9H2,2-3H3,(H,17,20)(H,18,21). The van der Waals surface area contributed by atoms with Gasteiger partial charge < -0.3 is 10.6 Å². The zero-order chi connectivity index (χ0) is 15.2. The highest BCUT2D eigenvalue weighted by Crippen LogP contribution is 2.15. The number of amides is 1. The lowest BCUT2D eigenvalue weighted by atomic mass is 10.1. The van der Waals surface area contributed by atoms with Gasteiger partial charge in [-0.05, 0) is 49.2 Å². The Morgan fingerprint density at radius 1 is 1.19 bits per heavy atom. The number of hydrogen-bond acceptors (Lipinski definition) is 4. The Kier molecular flexibility index (Phi) is 4.66. The highest BCUT2D eigenvalue weighted by molar-refractivity contribution is 6.02. The number of benzene rings is 1. The molecule has 1 amide bonds. The van der Waals surface area contributed by atoms with Gasteiger partial charge in [0.15, 0.2) is 5.69 Å². The van der Waals surface area contributed by atoms with E-state index in [1.807, 2.05) is 32.0 Å². The number of rotatable bonds is 5. The number of carbonyl (C=O) groups excluding carboxylic acids is 1. The number of aromatic nitrogens is 2. The highest BCUT2D eigenvalue weighted by atomic mass is 16.1. The molecule has 21 heavy (non-hydrogen) atoms. The van der Waals surface area contributed by atoms with E-state index in [-0.39, 0.29) is 11.6 Å². The number of carbonyl (C=O) groups is 1. The molecule has 5 nitrogen and oxygen atoms in total. The first-order valence-electron chi connectivity index (χ1n) is 6.67. The minimum atomic E-state index is -0.277. The Labute approximate surface area is 124 Å². The summed E-state index contributed by atoms with van der Waals surface area (Å²) in [6.45, 7) is 8.24. The van der Waals surface area contributed by atoms with Gasteiger partial charge in [0.2, 0.25) is 0 Å². The van der Waals surface area contributed by atoms with Crippen molar-refractivity contribution in [3.8, 4) is 0 Å². The lowest BCUT2D eigenvalue weighted by Crippen LogP contribution is -2.15. The van der Waals surface area contributed by atoms with Crippen LogP contribution in [0.3, 0.4) is 0 Å². The second-order valence-electron chi connectivity index (χ2n) is 4.73. The van der Waals surface area contributed by atoms with Crippen molar-refractivity contribution in [2.24, 2.45) is 0 Å². The van der Waals surface area contributed by atoms with Gasteiger partial charge in [-0.2, -0.15) is 0 Å². The van der Waals surface area contributed by atoms with Gasteiger partial charge in [0.25, 0.3) is 5.91 Å². The van der Waals surface area contributed by atoms with E-state index in [1.54, 1.807) is 18.2 Å². The average Bonchev–Trinajstić information content (AvgIpc) is 2.49. The molecule has 108 valence electrons. The second-order valence-corrected chi connectivity index (χ2v) is 4.73. The van der Waals surface area contributed by atoms with E-state index in [4.69, 9.17) is 0 Å². The van der Waals surface area contributed by atoms with Crippen LogP contribution in [-0.4, -0.2) is 22.6 Å². The Morgan fingerprint density at radius 3 is 2.62 bits per heavy atom. The van der Waals surface area contributed by atoms with Crippen molar-refractivity contribution >= 4 is 17.4 Å².